The van der Waals surface area contributed by atoms with Crippen molar-refractivity contribution in [3.05, 3.63) is 95.3 Å². The van der Waals surface area contributed by atoms with Gasteiger partial charge in [0.1, 0.15) is 17.3 Å². The molecule has 0 saturated carbocycles. The van der Waals surface area contributed by atoms with Gasteiger partial charge in [-0.2, -0.15) is 0 Å². The van der Waals surface area contributed by atoms with Gasteiger partial charge in [0.2, 0.25) is 0 Å². The summed E-state index contributed by atoms with van der Waals surface area (Å²) in [5.41, 5.74) is 2.08. The largest absolute Gasteiger partial charge is 0.494 e. The van der Waals surface area contributed by atoms with Crippen LogP contribution in [0.1, 0.15) is 73.4 Å². The van der Waals surface area contributed by atoms with Crippen LogP contribution >= 0.6 is 0 Å². The van der Waals surface area contributed by atoms with Gasteiger partial charge in [0.25, 0.3) is 0 Å². The molecule has 3 aromatic carbocycles. The van der Waals surface area contributed by atoms with E-state index in [2.05, 4.69) is 18.8 Å². The van der Waals surface area contributed by atoms with Crippen molar-refractivity contribution in [1.82, 2.24) is 0 Å². The van der Waals surface area contributed by atoms with Crippen LogP contribution in [0.5, 0.6) is 11.5 Å². The van der Waals surface area contributed by atoms with Crippen LogP contribution in [0.3, 0.4) is 0 Å². The number of esters is 1. The summed E-state index contributed by atoms with van der Waals surface area (Å²) in [7, 11) is 0. The molecule has 0 aliphatic rings. The van der Waals surface area contributed by atoms with Crippen LogP contribution < -0.4 is 9.47 Å². The summed E-state index contributed by atoms with van der Waals surface area (Å²) in [6.07, 6.45) is 8.88. The normalized spacial score (nSPS) is 10.3. The Morgan fingerprint density at radius 3 is 1.85 bits per heavy atom. The first-order chi connectivity index (χ1) is 16.6. The van der Waals surface area contributed by atoms with Gasteiger partial charge in [0, 0.05) is 11.1 Å². The summed E-state index contributed by atoms with van der Waals surface area (Å²) in [5, 5.41) is 0. The van der Waals surface area contributed by atoms with Gasteiger partial charge in [-0.05, 0) is 79.2 Å². The average molecular weight is 459 g/mol. The highest BCUT2D eigenvalue weighted by molar-refractivity contribution is 5.91. The molecule has 0 N–H and O–H groups in total. The third-order valence-electron chi connectivity index (χ3n) is 5.37. The zero-order chi connectivity index (χ0) is 24.0. The van der Waals surface area contributed by atoms with E-state index in [1.54, 1.807) is 24.3 Å². The van der Waals surface area contributed by atoms with Crippen LogP contribution in [-0.4, -0.2) is 12.6 Å². The van der Waals surface area contributed by atoms with Gasteiger partial charge in [-0.25, -0.2) is 9.18 Å². The van der Waals surface area contributed by atoms with Gasteiger partial charge in [0.05, 0.1) is 12.2 Å². The third-order valence-corrected chi connectivity index (χ3v) is 5.37. The maximum atomic E-state index is 13.0. The molecule has 0 unspecified atom stereocenters. The predicted octanol–water partition coefficient (Wildman–Crippen LogP) is 7.57. The quantitative estimate of drug-likeness (QED) is 0.129. The lowest BCUT2D eigenvalue weighted by molar-refractivity contribution is 0.0734. The number of carbonyl (C=O) groups is 1. The van der Waals surface area contributed by atoms with Crippen LogP contribution in [-0.2, 0) is 0 Å². The Balaban J connectivity index is 1.43. The average Bonchev–Trinajstić information content (AvgIpc) is 2.87. The maximum absolute atomic E-state index is 13.0. The fraction of sp³-hybridized carbons (Fsp3) is 0.300. The molecule has 0 aliphatic heterocycles. The van der Waals surface area contributed by atoms with E-state index >= 15 is 0 Å². The van der Waals surface area contributed by atoms with E-state index in [0.29, 0.717) is 11.3 Å². The van der Waals surface area contributed by atoms with Crippen LogP contribution in [0.2, 0.25) is 0 Å². The van der Waals surface area contributed by atoms with Crippen molar-refractivity contribution in [2.45, 2.75) is 51.9 Å². The molecule has 0 fully saturated rings. The number of benzene rings is 3. The first kappa shape index (κ1) is 25.1. The Morgan fingerprint density at radius 1 is 0.706 bits per heavy atom. The predicted molar refractivity (Wildman–Crippen MR) is 134 cm³/mol. The lowest BCUT2D eigenvalue weighted by Gasteiger charge is -2.06. The smallest absolute Gasteiger partial charge is 0.343 e. The second-order valence-corrected chi connectivity index (χ2v) is 8.16. The van der Waals surface area contributed by atoms with Crippen molar-refractivity contribution < 1.29 is 18.7 Å². The monoisotopic (exact) mass is 458 g/mol. The highest BCUT2D eigenvalue weighted by atomic mass is 19.1. The summed E-state index contributed by atoms with van der Waals surface area (Å²) < 4.78 is 24.0. The number of ether oxygens (including phenoxy) is 2. The van der Waals surface area contributed by atoms with Gasteiger partial charge >= 0.3 is 5.97 Å². The highest BCUT2D eigenvalue weighted by Crippen LogP contribution is 2.15. The van der Waals surface area contributed by atoms with Gasteiger partial charge in [-0.15, -0.1) is 0 Å². The first-order valence-electron chi connectivity index (χ1n) is 12.0. The van der Waals surface area contributed by atoms with Crippen molar-refractivity contribution in [2.24, 2.45) is 0 Å². The molecule has 3 rings (SSSR count). The number of hydrogen-bond acceptors (Lipinski definition) is 3. The Morgan fingerprint density at radius 2 is 1.24 bits per heavy atom. The minimum absolute atomic E-state index is 0.296. The molecule has 0 atom stereocenters. The number of halogens is 1. The SMILES string of the molecule is CCCCCCCCCOc1ccc(C#Cc2ccc(C(=O)Oc3ccc(F)cc3)cc2)cc1. The lowest BCUT2D eigenvalue weighted by Crippen LogP contribution is -2.08. The van der Waals surface area contributed by atoms with E-state index in [9.17, 15) is 9.18 Å². The van der Waals surface area contributed by atoms with Crippen LogP contribution in [0.4, 0.5) is 4.39 Å². The lowest BCUT2D eigenvalue weighted by atomic mass is 10.1. The summed E-state index contributed by atoms with van der Waals surface area (Å²) >= 11 is 0. The van der Waals surface area contributed by atoms with Gasteiger partial charge in [-0.3, -0.25) is 0 Å². The van der Waals surface area contributed by atoms with Crippen molar-refractivity contribution in [3.8, 4) is 23.3 Å². The van der Waals surface area contributed by atoms with Gasteiger partial charge in [0.15, 0.2) is 0 Å². The Hall–Kier alpha value is -3.58. The minimum atomic E-state index is -0.502. The standard InChI is InChI=1S/C30H31FO3/c1-2-3-4-5-6-7-8-23-33-28-19-13-25(14-20-28)10-9-24-11-15-26(16-12-24)30(32)34-29-21-17-27(31)18-22-29/h11-22H,2-8,23H2,1H3. The van der Waals surface area contributed by atoms with E-state index in [1.807, 2.05) is 24.3 Å². The molecule has 3 nitrogen and oxygen atoms in total. The topological polar surface area (TPSA) is 35.5 Å². The second kappa shape index (κ2) is 13.9. The van der Waals surface area contributed by atoms with Crippen molar-refractivity contribution in [2.75, 3.05) is 6.61 Å². The van der Waals surface area contributed by atoms with E-state index in [1.165, 1.54) is 62.8 Å². The van der Waals surface area contributed by atoms with E-state index in [-0.39, 0.29) is 5.82 Å². The van der Waals surface area contributed by atoms with E-state index < -0.39 is 5.97 Å². The third kappa shape index (κ3) is 8.75. The van der Waals surface area contributed by atoms with Crippen LogP contribution in [0.15, 0.2) is 72.8 Å². The number of rotatable bonds is 11. The fourth-order valence-corrected chi connectivity index (χ4v) is 3.39. The number of carbonyl (C=O) groups excluding carboxylic acids is 1. The molecule has 34 heavy (non-hydrogen) atoms. The molecule has 176 valence electrons. The van der Waals surface area contributed by atoms with Gasteiger partial charge < -0.3 is 9.47 Å². The summed E-state index contributed by atoms with van der Waals surface area (Å²) in [5.74, 6) is 6.50. The molecule has 4 heteroatoms. The molecule has 0 radical (unpaired) electrons. The summed E-state index contributed by atoms with van der Waals surface area (Å²) in [6.45, 7) is 2.98. The molecule has 3 aromatic rings. The van der Waals surface area contributed by atoms with E-state index in [0.717, 1.165) is 29.9 Å². The molecule has 0 aliphatic carbocycles. The molecule has 0 saturated heterocycles. The van der Waals surface area contributed by atoms with E-state index in [4.69, 9.17) is 9.47 Å². The van der Waals surface area contributed by atoms with Crippen LogP contribution in [0, 0.1) is 17.7 Å². The number of unbranched alkanes of at least 4 members (excludes halogenated alkanes) is 6. The Kier molecular flexibility index (Phi) is 10.2. The minimum Gasteiger partial charge on any atom is -0.494 e. The molecule has 0 bridgehead atoms. The van der Waals surface area contributed by atoms with Crippen molar-refractivity contribution in [1.29, 1.82) is 0 Å². The zero-order valence-electron chi connectivity index (χ0n) is 19.7. The molecule has 0 spiro atoms. The zero-order valence-corrected chi connectivity index (χ0v) is 19.7. The molecule has 0 heterocycles. The fourth-order valence-electron chi connectivity index (χ4n) is 3.39. The second-order valence-electron chi connectivity index (χ2n) is 8.16. The summed E-state index contributed by atoms with van der Waals surface area (Å²) in [6, 6.07) is 20.0. The van der Waals surface area contributed by atoms with Crippen LogP contribution in [0.25, 0.3) is 0 Å². The molecular weight excluding hydrogens is 427 g/mol. The number of hydrogen-bond donors (Lipinski definition) is 0. The Labute approximate surface area is 201 Å². The highest BCUT2D eigenvalue weighted by Gasteiger charge is 2.08. The first-order valence-corrected chi connectivity index (χ1v) is 12.0. The molecule has 0 aromatic heterocycles. The molecular formula is C30H31FO3. The van der Waals surface area contributed by atoms with Crippen molar-refractivity contribution >= 4 is 5.97 Å². The van der Waals surface area contributed by atoms with Crippen molar-refractivity contribution in [3.63, 3.8) is 0 Å². The Bertz CT molecular complexity index is 1080. The maximum Gasteiger partial charge on any atom is 0.343 e. The molecule has 0 amide bonds. The summed E-state index contributed by atoms with van der Waals surface area (Å²) in [4.78, 5) is 12.2. The van der Waals surface area contributed by atoms with Gasteiger partial charge in [-0.1, -0.05) is 57.3 Å².